The van der Waals surface area contributed by atoms with Crippen LogP contribution < -0.4 is 10.6 Å². The first kappa shape index (κ1) is 14.3. The van der Waals surface area contributed by atoms with Gasteiger partial charge < -0.3 is 5.32 Å². The standard InChI is InChI=1S/C13H13BrN4O2/c14-11-7-16-18(8-11)9-12(19)17-13(20)15-6-10-4-2-1-3-5-10/h1-5,7-8H,6,9H2,(H2,15,17,19,20). The molecule has 0 saturated carbocycles. The summed E-state index contributed by atoms with van der Waals surface area (Å²) in [6.07, 6.45) is 3.23. The van der Waals surface area contributed by atoms with Crippen LogP contribution in [0.1, 0.15) is 5.56 Å². The summed E-state index contributed by atoms with van der Waals surface area (Å²) in [5.41, 5.74) is 0.964. The maximum Gasteiger partial charge on any atom is 0.321 e. The van der Waals surface area contributed by atoms with Crippen molar-refractivity contribution >= 4 is 27.9 Å². The molecular formula is C13H13BrN4O2. The van der Waals surface area contributed by atoms with Crippen LogP contribution in [-0.4, -0.2) is 21.7 Å². The van der Waals surface area contributed by atoms with Gasteiger partial charge in [-0.25, -0.2) is 4.79 Å². The van der Waals surface area contributed by atoms with Gasteiger partial charge in [0.05, 0.1) is 10.7 Å². The summed E-state index contributed by atoms with van der Waals surface area (Å²) in [6.45, 7) is 0.359. The van der Waals surface area contributed by atoms with Crippen molar-refractivity contribution in [1.82, 2.24) is 20.4 Å². The third-order valence-electron chi connectivity index (χ3n) is 2.46. The molecule has 6 nitrogen and oxygen atoms in total. The van der Waals surface area contributed by atoms with Gasteiger partial charge in [-0.2, -0.15) is 5.10 Å². The summed E-state index contributed by atoms with van der Waals surface area (Å²) in [4.78, 5) is 23.1. The van der Waals surface area contributed by atoms with Crippen molar-refractivity contribution in [2.45, 2.75) is 13.1 Å². The van der Waals surface area contributed by atoms with Crippen LogP contribution in [0, 0.1) is 0 Å². The lowest BCUT2D eigenvalue weighted by molar-refractivity contribution is -0.120. The quantitative estimate of drug-likeness (QED) is 0.891. The van der Waals surface area contributed by atoms with Gasteiger partial charge in [0.15, 0.2) is 0 Å². The highest BCUT2D eigenvalue weighted by atomic mass is 79.9. The second-order valence-electron chi connectivity index (χ2n) is 4.07. The van der Waals surface area contributed by atoms with Crippen molar-refractivity contribution in [3.05, 3.63) is 52.8 Å². The topological polar surface area (TPSA) is 76.0 Å². The van der Waals surface area contributed by atoms with Crippen LogP contribution in [0.3, 0.4) is 0 Å². The fourth-order valence-electron chi connectivity index (χ4n) is 1.56. The summed E-state index contributed by atoms with van der Waals surface area (Å²) in [7, 11) is 0. The number of rotatable bonds is 4. The predicted octanol–water partition coefficient (Wildman–Crippen LogP) is 1.67. The minimum Gasteiger partial charge on any atom is -0.334 e. The maximum atomic E-state index is 11.6. The zero-order valence-electron chi connectivity index (χ0n) is 10.5. The Labute approximate surface area is 124 Å². The lowest BCUT2D eigenvalue weighted by atomic mass is 10.2. The van der Waals surface area contributed by atoms with Gasteiger partial charge >= 0.3 is 6.03 Å². The number of carbonyl (C=O) groups excluding carboxylic acids is 2. The maximum absolute atomic E-state index is 11.6. The van der Waals surface area contributed by atoms with E-state index < -0.39 is 11.9 Å². The van der Waals surface area contributed by atoms with Gasteiger partial charge in [-0.15, -0.1) is 0 Å². The Bertz CT molecular complexity index is 597. The van der Waals surface area contributed by atoms with Crippen molar-refractivity contribution in [1.29, 1.82) is 0 Å². The Morgan fingerprint density at radius 1 is 1.25 bits per heavy atom. The third kappa shape index (κ3) is 4.51. The van der Waals surface area contributed by atoms with Crippen molar-refractivity contribution < 1.29 is 9.59 Å². The average Bonchev–Trinajstić information content (AvgIpc) is 2.83. The number of carbonyl (C=O) groups is 2. The molecule has 0 aliphatic carbocycles. The molecule has 0 atom stereocenters. The van der Waals surface area contributed by atoms with Crippen LogP contribution in [0.5, 0.6) is 0 Å². The highest BCUT2D eigenvalue weighted by Gasteiger charge is 2.08. The molecule has 0 fully saturated rings. The number of hydrogen-bond donors (Lipinski definition) is 2. The first-order valence-electron chi connectivity index (χ1n) is 5.93. The molecular weight excluding hydrogens is 324 g/mol. The average molecular weight is 337 g/mol. The predicted molar refractivity (Wildman–Crippen MR) is 76.7 cm³/mol. The lowest BCUT2D eigenvalue weighted by Gasteiger charge is -2.06. The van der Waals surface area contributed by atoms with Crippen molar-refractivity contribution in [3.8, 4) is 0 Å². The molecule has 2 N–H and O–H groups in total. The van der Waals surface area contributed by atoms with E-state index in [1.807, 2.05) is 30.3 Å². The van der Waals surface area contributed by atoms with E-state index in [-0.39, 0.29) is 6.54 Å². The molecule has 0 unspecified atom stereocenters. The monoisotopic (exact) mass is 336 g/mol. The van der Waals surface area contributed by atoms with Crippen molar-refractivity contribution in [2.24, 2.45) is 0 Å². The normalized spacial score (nSPS) is 10.1. The van der Waals surface area contributed by atoms with E-state index in [2.05, 4.69) is 31.7 Å². The Balaban J connectivity index is 1.75. The number of nitrogens with zero attached hydrogens (tertiary/aromatic N) is 2. The molecule has 0 radical (unpaired) electrons. The van der Waals surface area contributed by atoms with Crippen LogP contribution in [0.25, 0.3) is 0 Å². The number of aromatic nitrogens is 2. The number of hydrogen-bond acceptors (Lipinski definition) is 3. The highest BCUT2D eigenvalue weighted by Crippen LogP contribution is 2.05. The largest absolute Gasteiger partial charge is 0.334 e. The molecule has 1 aromatic heterocycles. The fraction of sp³-hybridized carbons (Fsp3) is 0.154. The van der Waals surface area contributed by atoms with E-state index in [4.69, 9.17) is 0 Å². The Kier molecular flexibility index (Phi) is 4.89. The van der Waals surface area contributed by atoms with E-state index in [1.54, 1.807) is 12.4 Å². The lowest BCUT2D eigenvalue weighted by Crippen LogP contribution is -2.40. The fourth-order valence-corrected chi connectivity index (χ4v) is 1.89. The molecule has 0 spiro atoms. The minimum absolute atomic E-state index is 0.00957. The van der Waals surface area contributed by atoms with E-state index in [1.165, 1.54) is 4.68 Å². The SMILES string of the molecule is O=C(Cn1cc(Br)cn1)NC(=O)NCc1ccccc1. The second kappa shape index (κ2) is 6.85. The molecule has 104 valence electrons. The van der Waals surface area contributed by atoms with E-state index in [9.17, 15) is 9.59 Å². The van der Waals surface area contributed by atoms with E-state index in [0.29, 0.717) is 6.54 Å². The number of halogens is 1. The number of imide groups is 1. The summed E-state index contributed by atoms with van der Waals surface area (Å²) in [6, 6.07) is 8.93. The van der Waals surface area contributed by atoms with Crippen LogP contribution >= 0.6 is 15.9 Å². The molecule has 0 aliphatic rings. The molecule has 0 aliphatic heterocycles. The smallest absolute Gasteiger partial charge is 0.321 e. The Hall–Kier alpha value is -2.15. The van der Waals surface area contributed by atoms with Crippen molar-refractivity contribution in [2.75, 3.05) is 0 Å². The highest BCUT2D eigenvalue weighted by molar-refractivity contribution is 9.10. The summed E-state index contributed by atoms with van der Waals surface area (Å²) in [5.74, 6) is -0.425. The van der Waals surface area contributed by atoms with Gasteiger partial charge in [-0.05, 0) is 21.5 Å². The summed E-state index contributed by atoms with van der Waals surface area (Å²) >= 11 is 3.23. The Morgan fingerprint density at radius 2 is 2.00 bits per heavy atom. The molecule has 2 rings (SSSR count). The molecule has 7 heteroatoms. The van der Waals surface area contributed by atoms with Crippen LogP contribution in [-0.2, 0) is 17.9 Å². The Morgan fingerprint density at radius 3 is 2.65 bits per heavy atom. The van der Waals surface area contributed by atoms with Crippen LogP contribution in [0.4, 0.5) is 4.79 Å². The number of nitrogens with one attached hydrogen (secondary N) is 2. The number of urea groups is 1. The van der Waals surface area contributed by atoms with Gasteiger partial charge in [0, 0.05) is 12.7 Å². The molecule has 3 amide bonds. The molecule has 0 bridgehead atoms. The molecule has 1 aromatic carbocycles. The van der Waals surface area contributed by atoms with E-state index in [0.717, 1.165) is 10.0 Å². The van der Waals surface area contributed by atoms with E-state index >= 15 is 0 Å². The van der Waals surface area contributed by atoms with Crippen molar-refractivity contribution in [3.63, 3.8) is 0 Å². The van der Waals surface area contributed by atoms with Gasteiger partial charge in [0.2, 0.25) is 5.91 Å². The summed E-state index contributed by atoms with van der Waals surface area (Å²) < 4.78 is 2.21. The van der Waals surface area contributed by atoms with Crippen LogP contribution in [0.2, 0.25) is 0 Å². The second-order valence-corrected chi connectivity index (χ2v) is 4.99. The first-order valence-corrected chi connectivity index (χ1v) is 6.72. The zero-order valence-corrected chi connectivity index (χ0v) is 12.1. The molecule has 0 saturated heterocycles. The summed E-state index contributed by atoms with van der Waals surface area (Å²) in [5, 5.41) is 8.79. The first-order chi connectivity index (χ1) is 9.63. The molecule has 1 heterocycles. The van der Waals surface area contributed by atoms with Gasteiger partial charge in [-0.1, -0.05) is 30.3 Å². The van der Waals surface area contributed by atoms with Gasteiger partial charge in [0.1, 0.15) is 6.54 Å². The minimum atomic E-state index is -0.523. The van der Waals surface area contributed by atoms with Crippen LogP contribution in [0.15, 0.2) is 47.2 Å². The number of amides is 3. The third-order valence-corrected chi connectivity index (χ3v) is 2.87. The van der Waals surface area contributed by atoms with Gasteiger partial charge in [0.25, 0.3) is 0 Å². The number of benzene rings is 1. The molecule has 2 aromatic rings. The zero-order chi connectivity index (χ0) is 14.4. The van der Waals surface area contributed by atoms with Gasteiger partial charge in [-0.3, -0.25) is 14.8 Å². The molecule has 20 heavy (non-hydrogen) atoms.